The number of nitrogens with one attached hydrogen (secondary N) is 1. The zero-order valence-electron chi connectivity index (χ0n) is 14.4. The van der Waals surface area contributed by atoms with Crippen LogP contribution in [0.3, 0.4) is 0 Å². The van der Waals surface area contributed by atoms with Crippen LogP contribution >= 0.6 is 23.2 Å². The summed E-state index contributed by atoms with van der Waals surface area (Å²) in [6.45, 7) is 1.71. The first-order valence-corrected chi connectivity index (χ1v) is 8.59. The van der Waals surface area contributed by atoms with Gasteiger partial charge >= 0.3 is 5.97 Å². The van der Waals surface area contributed by atoms with Gasteiger partial charge in [-0.25, -0.2) is 9.69 Å². The Morgan fingerprint density at radius 2 is 1.70 bits per heavy atom. The first-order valence-electron chi connectivity index (χ1n) is 7.84. The lowest BCUT2D eigenvalue weighted by molar-refractivity contribution is -0.120. The molecular formula is C19H14Cl2N2O4. The van der Waals surface area contributed by atoms with Crippen LogP contribution < -0.4 is 10.2 Å². The van der Waals surface area contributed by atoms with Crippen LogP contribution in [0.25, 0.3) is 0 Å². The van der Waals surface area contributed by atoms with Crippen LogP contribution in [0.15, 0.2) is 53.2 Å². The lowest BCUT2D eigenvalue weighted by atomic mass is 10.2. The molecule has 0 aliphatic carbocycles. The highest BCUT2D eigenvalue weighted by molar-refractivity contribution is 6.53. The van der Waals surface area contributed by atoms with Crippen molar-refractivity contribution in [3.8, 4) is 0 Å². The van der Waals surface area contributed by atoms with E-state index in [0.717, 1.165) is 4.90 Å². The third-order valence-corrected chi connectivity index (χ3v) is 4.84. The monoisotopic (exact) mass is 404 g/mol. The van der Waals surface area contributed by atoms with Gasteiger partial charge in [0.15, 0.2) is 0 Å². The molecule has 1 aliphatic rings. The number of halogens is 2. The first-order chi connectivity index (χ1) is 12.8. The second-order valence-corrected chi connectivity index (χ2v) is 6.50. The molecule has 0 fully saturated rings. The lowest BCUT2D eigenvalue weighted by Gasteiger charge is -2.18. The second kappa shape index (κ2) is 7.42. The van der Waals surface area contributed by atoms with Gasteiger partial charge in [0, 0.05) is 10.7 Å². The zero-order valence-corrected chi connectivity index (χ0v) is 15.9. The summed E-state index contributed by atoms with van der Waals surface area (Å²) in [7, 11) is 1.29. The van der Waals surface area contributed by atoms with Crippen molar-refractivity contribution in [2.45, 2.75) is 6.92 Å². The number of rotatable bonds is 4. The summed E-state index contributed by atoms with van der Waals surface area (Å²) < 4.78 is 4.64. The van der Waals surface area contributed by atoms with Crippen molar-refractivity contribution in [2.24, 2.45) is 0 Å². The molecule has 0 bridgehead atoms. The Balaban J connectivity index is 1.89. The fourth-order valence-corrected chi connectivity index (χ4v) is 3.00. The molecule has 3 rings (SSSR count). The maximum absolute atomic E-state index is 12.8. The molecule has 0 spiro atoms. The fourth-order valence-electron chi connectivity index (χ4n) is 2.62. The van der Waals surface area contributed by atoms with Gasteiger partial charge in [-0.15, -0.1) is 0 Å². The van der Waals surface area contributed by atoms with E-state index in [-0.39, 0.29) is 10.7 Å². The van der Waals surface area contributed by atoms with Gasteiger partial charge in [0.2, 0.25) is 0 Å². The number of esters is 1. The van der Waals surface area contributed by atoms with Crippen LogP contribution in [-0.2, 0) is 14.3 Å². The van der Waals surface area contributed by atoms with E-state index in [1.165, 1.54) is 19.2 Å². The topological polar surface area (TPSA) is 75.7 Å². The number of nitrogens with zero attached hydrogens (tertiary/aromatic N) is 1. The maximum atomic E-state index is 12.8. The van der Waals surface area contributed by atoms with Gasteiger partial charge in [-0.05, 0) is 48.9 Å². The van der Waals surface area contributed by atoms with E-state index in [4.69, 9.17) is 23.2 Å². The summed E-state index contributed by atoms with van der Waals surface area (Å²) in [5.74, 6) is -1.71. The molecule has 27 heavy (non-hydrogen) atoms. The molecule has 0 atom stereocenters. The largest absolute Gasteiger partial charge is 0.465 e. The Morgan fingerprint density at radius 1 is 1.04 bits per heavy atom. The van der Waals surface area contributed by atoms with Gasteiger partial charge in [-0.3, -0.25) is 9.59 Å². The summed E-state index contributed by atoms with van der Waals surface area (Å²) >= 11 is 12.2. The predicted molar refractivity (Wildman–Crippen MR) is 103 cm³/mol. The quantitative estimate of drug-likeness (QED) is 0.618. The molecule has 0 saturated carbocycles. The molecule has 8 heteroatoms. The molecule has 1 heterocycles. The van der Waals surface area contributed by atoms with E-state index < -0.39 is 17.8 Å². The summed E-state index contributed by atoms with van der Waals surface area (Å²) in [4.78, 5) is 37.8. The van der Waals surface area contributed by atoms with Gasteiger partial charge in [0.05, 0.1) is 18.4 Å². The number of carbonyl (C=O) groups is 3. The predicted octanol–water partition coefficient (Wildman–Crippen LogP) is 3.87. The Labute approximate surface area is 165 Å². The minimum absolute atomic E-state index is 0.0492. The Kier molecular flexibility index (Phi) is 5.21. The van der Waals surface area contributed by atoms with Crippen molar-refractivity contribution in [3.05, 3.63) is 69.3 Å². The SMILES string of the molecule is COC(=O)c1ccc(NC2=C(Cl)C(=O)N(c3cccc(Cl)c3C)C2=O)cc1. The highest BCUT2D eigenvalue weighted by atomic mass is 35.5. The number of hydrogen-bond donors (Lipinski definition) is 1. The Bertz CT molecular complexity index is 984. The maximum Gasteiger partial charge on any atom is 0.337 e. The molecule has 2 aromatic carbocycles. The Hall–Kier alpha value is -2.83. The number of carbonyl (C=O) groups excluding carboxylic acids is 3. The molecule has 2 amide bonds. The minimum Gasteiger partial charge on any atom is -0.465 e. The van der Waals surface area contributed by atoms with E-state index >= 15 is 0 Å². The minimum atomic E-state index is -0.638. The molecule has 6 nitrogen and oxygen atoms in total. The normalized spacial score (nSPS) is 14.0. The molecule has 0 aromatic heterocycles. The van der Waals surface area contributed by atoms with E-state index in [1.54, 1.807) is 37.3 Å². The molecule has 1 N–H and O–H groups in total. The molecule has 0 saturated heterocycles. The number of benzene rings is 2. The van der Waals surface area contributed by atoms with Crippen LogP contribution in [0.2, 0.25) is 5.02 Å². The van der Waals surface area contributed by atoms with E-state index in [1.807, 2.05) is 0 Å². The number of ether oxygens (including phenoxy) is 1. The lowest BCUT2D eigenvalue weighted by Crippen LogP contribution is -2.32. The number of hydrogen-bond acceptors (Lipinski definition) is 5. The average Bonchev–Trinajstić information content (AvgIpc) is 2.87. The number of anilines is 2. The number of amides is 2. The van der Waals surface area contributed by atoms with Crippen LogP contribution in [0.4, 0.5) is 11.4 Å². The number of imide groups is 1. The number of methoxy groups -OCH3 is 1. The van der Waals surface area contributed by atoms with E-state index in [2.05, 4.69) is 10.1 Å². The summed E-state index contributed by atoms with van der Waals surface area (Å²) in [6, 6.07) is 11.2. The van der Waals surface area contributed by atoms with Crippen molar-refractivity contribution >= 4 is 52.4 Å². The molecule has 0 unspecified atom stereocenters. The molecular weight excluding hydrogens is 391 g/mol. The smallest absolute Gasteiger partial charge is 0.337 e. The van der Waals surface area contributed by atoms with Gasteiger partial charge < -0.3 is 10.1 Å². The standard InChI is InChI=1S/C19H14Cl2N2O4/c1-10-13(20)4-3-5-14(10)23-17(24)15(21)16(18(23)25)22-12-8-6-11(7-9-12)19(26)27-2/h3-9,22H,1-2H3. The van der Waals surface area contributed by atoms with E-state index in [9.17, 15) is 14.4 Å². The summed E-state index contributed by atoms with van der Waals surface area (Å²) in [6.07, 6.45) is 0. The van der Waals surface area contributed by atoms with Crippen molar-refractivity contribution in [3.63, 3.8) is 0 Å². The molecule has 138 valence electrons. The Morgan fingerprint density at radius 3 is 2.33 bits per heavy atom. The van der Waals surface area contributed by atoms with Gasteiger partial charge in [-0.2, -0.15) is 0 Å². The van der Waals surface area contributed by atoms with Crippen molar-refractivity contribution in [2.75, 3.05) is 17.3 Å². The van der Waals surface area contributed by atoms with Crippen LogP contribution in [0, 0.1) is 6.92 Å². The van der Waals surface area contributed by atoms with Crippen LogP contribution in [0.5, 0.6) is 0 Å². The summed E-state index contributed by atoms with van der Waals surface area (Å²) in [5, 5.41) is 3.05. The van der Waals surface area contributed by atoms with Gasteiger partial charge in [-0.1, -0.05) is 29.3 Å². The molecule has 2 aromatic rings. The van der Waals surface area contributed by atoms with Crippen molar-refractivity contribution in [1.82, 2.24) is 0 Å². The van der Waals surface area contributed by atoms with Crippen LogP contribution in [0.1, 0.15) is 15.9 Å². The van der Waals surface area contributed by atoms with Gasteiger partial charge in [0.25, 0.3) is 11.8 Å². The highest BCUT2D eigenvalue weighted by Crippen LogP contribution is 2.34. The first kappa shape index (κ1) is 18.9. The van der Waals surface area contributed by atoms with E-state index in [0.29, 0.717) is 27.5 Å². The fraction of sp³-hybridized carbons (Fsp3) is 0.105. The summed E-state index contributed by atoms with van der Waals surface area (Å²) in [5.41, 5.74) is 1.75. The third-order valence-electron chi connectivity index (χ3n) is 4.08. The van der Waals surface area contributed by atoms with Crippen molar-refractivity contribution < 1.29 is 19.1 Å². The van der Waals surface area contributed by atoms with Crippen LogP contribution in [-0.4, -0.2) is 24.9 Å². The van der Waals surface area contributed by atoms with Gasteiger partial charge in [0.1, 0.15) is 10.7 Å². The van der Waals surface area contributed by atoms with Crippen molar-refractivity contribution in [1.29, 1.82) is 0 Å². The second-order valence-electron chi connectivity index (χ2n) is 5.71. The average molecular weight is 405 g/mol. The molecule has 1 aliphatic heterocycles. The zero-order chi connectivity index (χ0) is 19.7. The molecule has 0 radical (unpaired) electrons. The highest BCUT2D eigenvalue weighted by Gasteiger charge is 2.39. The third kappa shape index (κ3) is 3.41.